The SMILES string of the molecule is CN1CCCN(CC(=O)Nc2ccc(CN)cc2)CC1. The quantitative estimate of drug-likeness (QED) is 0.851. The van der Waals surface area contributed by atoms with Crippen LogP contribution in [0.4, 0.5) is 5.69 Å². The van der Waals surface area contributed by atoms with E-state index < -0.39 is 0 Å². The van der Waals surface area contributed by atoms with Gasteiger partial charge >= 0.3 is 0 Å². The van der Waals surface area contributed by atoms with Crippen LogP contribution in [0.3, 0.4) is 0 Å². The lowest BCUT2D eigenvalue weighted by Gasteiger charge is -2.19. The average molecular weight is 276 g/mol. The molecule has 5 heteroatoms. The second-order valence-corrected chi connectivity index (χ2v) is 5.38. The van der Waals surface area contributed by atoms with Crippen LogP contribution in [0, 0.1) is 0 Å². The Balaban J connectivity index is 1.82. The Bertz CT molecular complexity index is 432. The largest absolute Gasteiger partial charge is 0.326 e. The second-order valence-electron chi connectivity index (χ2n) is 5.38. The van der Waals surface area contributed by atoms with Gasteiger partial charge in [0.2, 0.25) is 5.91 Å². The summed E-state index contributed by atoms with van der Waals surface area (Å²) in [7, 11) is 2.13. The first-order valence-corrected chi connectivity index (χ1v) is 7.17. The van der Waals surface area contributed by atoms with E-state index in [1.165, 1.54) is 0 Å². The molecule has 1 aliphatic heterocycles. The molecule has 0 aromatic heterocycles. The molecule has 0 atom stereocenters. The third-order valence-corrected chi connectivity index (χ3v) is 3.65. The average Bonchev–Trinajstić information content (AvgIpc) is 2.64. The molecule has 0 unspecified atom stereocenters. The summed E-state index contributed by atoms with van der Waals surface area (Å²) in [6.07, 6.45) is 1.12. The van der Waals surface area contributed by atoms with Crippen molar-refractivity contribution < 1.29 is 4.79 Å². The first kappa shape index (κ1) is 15.0. The lowest BCUT2D eigenvalue weighted by atomic mass is 10.2. The van der Waals surface area contributed by atoms with Gasteiger partial charge in [-0.05, 0) is 44.3 Å². The smallest absolute Gasteiger partial charge is 0.238 e. The van der Waals surface area contributed by atoms with Crippen molar-refractivity contribution >= 4 is 11.6 Å². The van der Waals surface area contributed by atoms with Gasteiger partial charge in [0.25, 0.3) is 0 Å². The molecule has 1 aromatic rings. The second kappa shape index (κ2) is 7.38. The van der Waals surface area contributed by atoms with Crippen LogP contribution in [0.2, 0.25) is 0 Å². The molecule has 1 fully saturated rings. The summed E-state index contributed by atoms with van der Waals surface area (Å²) >= 11 is 0. The maximum Gasteiger partial charge on any atom is 0.238 e. The topological polar surface area (TPSA) is 61.6 Å². The van der Waals surface area contributed by atoms with Gasteiger partial charge in [-0.15, -0.1) is 0 Å². The Kier molecular flexibility index (Phi) is 5.52. The first-order valence-electron chi connectivity index (χ1n) is 7.17. The Hall–Kier alpha value is -1.43. The molecule has 0 radical (unpaired) electrons. The third kappa shape index (κ3) is 4.59. The van der Waals surface area contributed by atoms with Gasteiger partial charge < -0.3 is 16.0 Å². The number of carbonyl (C=O) groups excluding carboxylic acids is 1. The first-order chi connectivity index (χ1) is 9.67. The van der Waals surface area contributed by atoms with Gasteiger partial charge in [0.05, 0.1) is 6.54 Å². The fourth-order valence-electron chi connectivity index (χ4n) is 2.39. The molecule has 1 aromatic carbocycles. The molecule has 5 nitrogen and oxygen atoms in total. The summed E-state index contributed by atoms with van der Waals surface area (Å²) in [5, 5.41) is 2.94. The maximum atomic E-state index is 12.0. The van der Waals surface area contributed by atoms with E-state index in [-0.39, 0.29) is 5.91 Å². The highest BCUT2D eigenvalue weighted by Crippen LogP contribution is 2.09. The Morgan fingerprint density at radius 1 is 1.20 bits per heavy atom. The van der Waals surface area contributed by atoms with E-state index in [4.69, 9.17) is 5.73 Å². The number of nitrogens with two attached hydrogens (primary N) is 1. The molecule has 0 aliphatic carbocycles. The zero-order valence-electron chi connectivity index (χ0n) is 12.1. The van der Waals surface area contributed by atoms with Crippen LogP contribution in [-0.2, 0) is 11.3 Å². The fraction of sp³-hybridized carbons (Fsp3) is 0.533. The van der Waals surface area contributed by atoms with E-state index in [1.807, 2.05) is 24.3 Å². The van der Waals surface area contributed by atoms with Crippen LogP contribution in [0.15, 0.2) is 24.3 Å². The van der Waals surface area contributed by atoms with E-state index in [2.05, 4.69) is 22.2 Å². The summed E-state index contributed by atoms with van der Waals surface area (Å²) in [4.78, 5) is 16.6. The Morgan fingerprint density at radius 3 is 2.65 bits per heavy atom. The zero-order chi connectivity index (χ0) is 14.4. The predicted octanol–water partition coefficient (Wildman–Crippen LogP) is 0.721. The van der Waals surface area contributed by atoms with Gasteiger partial charge in [0.1, 0.15) is 0 Å². The van der Waals surface area contributed by atoms with Crippen molar-refractivity contribution in [2.24, 2.45) is 5.73 Å². The van der Waals surface area contributed by atoms with Gasteiger partial charge in [-0.25, -0.2) is 0 Å². The number of nitrogens with zero attached hydrogens (tertiary/aromatic N) is 2. The number of anilines is 1. The number of hydrogen-bond donors (Lipinski definition) is 2. The molecule has 1 heterocycles. The van der Waals surface area contributed by atoms with Gasteiger partial charge in [-0.3, -0.25) is 9.69 Å². The number of likely N-dealkylation sites (N-methyl/N-ethyl adjacent to an activating group) is 1. The third-order valence-electron chi connectivity index (χ3n) is 3.65. The molecule has 110 valence electrons. The monoisotopic (exact) mass is 276 g/mol. The lowest BCUT2D eigenvalue weighted by molar-refractivity contribution is -0.117. The van der Waals surface area contributed by atoms with Crippen LogP contribution in [-0.4, -0.2) is 55.5 Å². The van der Waals surface area contributed by atoms with Crippen molar-refractivity contribution in [2.75, 3.05) is 45.1 Å². The van der Waals surface area contributed by atoms with E-state index in [9.17, 15) is 4.79 Å². The van der Waals surface area contributed by atoms with Crippen molar-refractivity contribution in [3.05, 3.63) is 29.8 Å². The fourth-order valence-corrected chi connectivity index (χ4v) is 2.39. The number of nitrogens with one attached hydrogen (secondary N) is 1. The zero-order valence-corrected chi connectivity index (χ0v) is 12.1. The van der Waals surface area contributed by atoms with Gasteiger partial charge in [0.15, 0.2) is 0 Å². The summed E-state index contributed by atoms with van der Waals surface area (Å²) < 4.78 is 0. The number of rotatable bonds is 4. The summed E-state index contributed by atoms with van der Waals surface area (Å²) in [5.41, 5.74) is 7.45. The maximum absolute atomic E-state index is 12.0. The Morgan fingerprint density at radius 2 is 1.95 bits per heavy atom. The van der Waals surface area contributed by atoms with Crippen molar-refractivity contribution in [3.8, 4) is 0 Å². The van der Waals surface area contributed by atoms with Crippen molar-refractivity contribution in [3.63, 3.8) is 0 Å². The van der Waals surface area contributed by atoms with E-state index in [0.717, 1.165) is 43.9 Å². The van der Waals surface area contributed by atoms with E-state index in [1.54, 1.807) is 0 Å². The molecule has 0 saturated carbocycles. The highest BCUT2D eigenvalue weighted by Gasteiger charge is 2.14. The van der Waals surface area contributed by atoms with Crippen molar-refractivity contribution in [1.29, 1.82) is 0 Å². The molecular formula is C15H24N4O. The minimum absolute atomic E-state index is 0.0510. The lowest BCUT2D eigenvalue weighted by Crippen LogP contribution is -2.35. The molecule has 20 heavy (non-hydrogen) atoms. The summed E-state index contributed by atoms with van der Waals surface area (Å²) in [6, 6.07) is 7.68. The molecule has 2 rings (SSSR count). The molecule has 1 aliphatic rings. The van der Waals surface area contributed by atoms with Crippen LogP contribution in [0.25, 0.3) is 0 Å². The van der Waals surface area contributed by atoms with Gasteiger partial charge in [-0.2, -0.15) is 0 Å². The van der Waals surface area contributed by atoms with Crippen LogP contribution < -0.4 is 11.1 Å². The van der Waals surface area contributed by atoms with Crippen LogP contribution in [0.5, 0.6) is 0 Å². The molecular weight excluding hydrogens is 252 g/mol. The van der Waals surface area contributed by atoms with Gasteiger partial charge in [-0.1, -0.05) is 12.1 Å². The minimum Gasteiger partial charge on any atom is -0.326 e. The van der Waals surface area contributed by atoms with Crippen LogP contribution >= 0.6 is 0 Å². The standard InChI is InChI=1S/C15H24N4O/c1-18-7-2-8-19(10-9-18)12-15(20)17-14-5-3-13(11-16)4-6-14/h3-6H,2,7-12,16H2,1H3,(H,17,20). The van der Waals surface area contributed by atoms with Crippen LogP contribution in [0.1, 0.15) is 12.0 Å². The number of benzene rings is 1. The van der Waals surface area contributed by atoms with Crippen molar-refractivity contribution in [2.45, 2.75) is 13.0 Å². The molecule has 0 bridgehead atoms. The number of carbonyl (C=O) groups is 1. The minimum atomic E-state index is 0.0510. The summed E-state index contributed by atoms with van der Waals surface area (Å²) in [5.74, 6) is 0.0510. The molecule has 1 amide bonds. The highest BCUT2D eigenvalue weighted by atomic mass is 16.2. The van der Waals surface area contributed by atoms with E-state index in [0.29, 0.717) is 13.1 Å². The van der Waals surface area contributed by atoms with Gasteiger partial charge in [0, 0.05) is 25.3 Å². The van der Waals surface area contributed by atoms with E-state index >= 15 is 0 Å². The number of hydrogen-bond acceptors (Lipinski definition) is 4. The summed E-state index contributed by atoms with van der Waals surface area (Å²) in [6.45, 7) is 5.07. The van der Waals surface area contributed by atoms with Crippen molar-refractivity contribution in [1.82, 2.24) is 9.80 Å². The molecule has 3 N–H and O–H groups in total. The molecule has 0 spiro atoms. The Labute approximate surface area is 120 Å². The number of amides is 1. The highest BCUT2D eigenvalue weighted by molar-refractivity contribution is 5.92. The predicted molar refractivity (Wildman–Crippen MR) is 81.5 cm³/mol. The molecule has 1 saturated heterocycles. The normalized spacial score (nSPS) is 17.7.